The van der Waals surface area contributed by atoms with Gasteiger partial charge in [-0.1, -0.05) is 18.2 Å². The molecule has 0 bridgehead atoms. The lowest BCUT2D eigenvalue weighted by atomic mass is 10.1. The summed E-state index contributed by atoms with van der Waals surface area (Å²) in [4.78, 5) is 0. The zero-order valence-corrected chi connectivity index (χ0v) is 10.4. The third kappa shape index (κ3) is 4.30. The number of rotatable bonds is 6. The molecule has 0 saturated heterocycles. The van der Waals surface area contributed by atoms with Crippen molar-refractivity contribution in [2.24, 2.45) is 0 Å². The summed E-state index contributed by atoms with van der Waals surface area (Å²) in [5.74, 6) is 0.797. The fourth-order valence-electron chi connectivity index (χ4n) is 1.78. The standard InChI is InChI=1S/C13H19F2NO/c1-9(16-10(2)13(14)15)8-11-6-4-5-7-12(11)17-3/h4-7,9-10,13,16H,8H2,1-3H3. The Morgan fingerprint density at radius 1 is 1.24 bits per heavy atom. The van der Waals surface area contributed by atoms with Gasteiger partial charge in [-0.2, -0.15) is 0 Å². The molecule has 0 saturated carbocycles. The van der Waals surface area contributed by atoms with Gasteiger partial charge in [0, 0.05) is 6.04 Å². The zero-order valence-electron chi connectivity index (χ0n) is 10.4. The van der Waals surface area contributed by atoms with Crippen molar-refractivity contribution in [2.45, 2.75) is 38.8 Å². The summed E-state index contributed by atoms with van der Waals surface area (Å²) >= 11 is 0. The van der Waals surface area contributed by atoms with E-state index >= 15 is 0 Å². The predicted octanol–water partition coefficient (Wildman–Crippen LogP) is 2.87. The lowest BCUT2D eigenvalue weighted by Gasteiger charge is -2.20. The predicted molar refractivity (Wildman–Crippen MR) is 64.8 cm³/mol. The second-order valence-corrected chi connectivity index (χ2v) is 4.21. The average molecular weight is 243 g/mol. The van der Waals surface area contributed by atoms with Gasteiger partial charge in [-0.3, -0.25) is 0 Å². The number of hydrogen-bond acceptors (Lipinski definition) is 2. The number of ether oxygens (including phenoxy) is 1. The van der Waals surface area contributed by atoms with E-state index < -0.39 is 12.5 Å². The Morgan fingerprint density at radius 2 is 1.88 bits per heavy atom. The highest BCUT2D eigenvalue weighted by Gasteiger charge is 2.17. The second-order valence-electron chi connectivity index (χ2n) is 4.21. The van der Waals surface area contributed by atoms with Gasteiger partial charge in [0.1, 0.15) is 5.75 Å². The van der Waals surface area contributed by atoms with Crippen molar-refractivity contribution in [1.82, 2.24) is 5.32 Å². The Hall–Kier alpha value is -1.16. The Balaban J connectivity index is 2.58. The average Bonchev–Trinajstić information content (AvgIpc) is 2.29. The highest BCUT2D eigenvalue weighted by molar-refractivity contribution is 5.33. The topological polar surface area (TPSA) is 21.3 Å². The van der Waals surface area contributed by atoms with Crippen LogP contribution in [0.2, 0.25) is 0 Å². The van der Waals surface area contributed by atoms with Crippen LogP contribution in [0.4, 0.5) is 8.78 Å². The minimum Gasteiger partial charge on any atom is -0.496 e. The molecule has 2 atom stereocenters. The van der Waals surface area contributed by atoms with Gasteiger partial charge in [-0.15, -0.1) is 0 Å². The Bertz CT molecular complexity index is 344. The van der Waals surface area contributed by atoms with E-state index in [9.17, 15) is 8.78 Å². The Labute approximate surface area is 101 Å². The molecule has 0 aliphatic heterocycles. The maximum absolute atomic E-state index is 12.4. The highest BCUT2D eigenvalue weighted by Crippen LogP contribution is 2.19. The van der Waals surface area contributed by atoms with Crippen molar-refractivity contribution in [3.63, 3.8) is 0 Å². The van der Waals surface area contributed by atoms with Crippen LogP contribution in [-0.2, 0) is 6.42 Å². The number of halogens is 2. The molecule has 0 amide bonds. The van der Waals surface area contributed by atoms with Gasteiger partial charge >= 0.3 is 0 Å². The van der Waals surface area contributed by atoms with Crippen LogP contribution in [0, 0.1) is 0 Å². The summed E-state index contributed by atoms with van der Waals surface area (Å²) in [6.07, 6.45) is -1.67. The molecule has 0 heterocycles. The van der Waals surface area contributed by atoms with Gasteiger partial charge in [0.15, 0.2) is 0 Å². The number of methoxy groups -OCH3 is 1. The number of benzene rings is 1. The maximum Gasteiger partial charge on any atom is 0.253 e. The van der Waals surface area contributed by atoms with E-state index in [-0.39, 0.29) is 6.04 Å². The summed E-state index contributed by atoms with van der Waals surface area (Å²) in [6.45, 7) is 3.38. The van der Waals surface area contributed by atoms with Gasteiger partial charge in [0.25, 0.3) is 6.43 Å². The van der Waals surface area contributed by atoms with Gasteiger partial charge in [-0.05, 0) is 31.9 Å². The number of hydrogen-bond donors (Lipinski definition) is 1. The molecule has 0 aromatic heterocycles. The molecule has 0 aliphatic rings. The Morgan fingerprint density at radius 3 is 2.47 bits per heavy atom. The highest BCUT2D eigenvalue weighted by atomic mass is 19.3. The third-order valence-electron chi connectivity index (χ3n) is 2.64. The summed E-state index contributed by atoms with van der Waals surface area (Å²) in [6, 6.07) is 6.82. The van der Waals surface area contributed by atoms with Crippen LogP contribution in [0.3, 0.4) is 0 Å². The fourth-order valence-corrected chi connectivity index (χ4v) is 1.78. The minimum absolute atomic E-state index is 0.0182. The molecule has 17 heavy (non-hydrogen) atoms. The smallest absolute Gasteiger partial charge is 0.253 e. The molecule has 4 heteroatoms. The normalized spacial score (nSPS) is 14.7. The molecule has 0 aliphatic carbocycles. The van der Waals surface area contributed by atoms with Gasteiger partial charge in [0.2, 0.25) is 0 Å². The van der Waals surface area contributed by atoms with E-state index in [2.05, 4.69) is 5.32 Å². The molecular weight excluding hydrogens is 224 g/mol. The lowest BCUT2D eigenvalue weighted by molar-refractivity contribution is 0.101. The first kappa shape index (κ1) is 13.9. The quantitative estimate of drug-likeness (QED) is 0.829. The molecular formula is C13H19F2NO. The molecule has 1 rings (SSSR count). The first-order valence-corrected chi connectivity index (χ1v) is 5.70. The van der Waals surface area contributed by atoms with Crippen LogP contribution < -0.4 is 10.1 Å². The van der Waals surface area contributed by atoms with Crippen molar-refractivity contribution in [2.75, 3.05) is 7.11 Å². The van der Waals surface area contributed by atoms with Crippen molar-refractivity contribution in [3.8, 4) is 5.75 Å². The molecule has 1 N–H and O–H groups in total. The first-order valence-electron chi connectivity index (χ1n) is 5.70. The molecule has 0 spiro atoms. The lowest BCUT2D eigenvalue weighted by Crippen LogP contribution is -2.40. The maximum atomic E-state index is 12.4. The largest absolute Gasteiger partial charge is 0.496 e. The van der Waals surface area contributed by atoms with Crippen LogP contribution in [-0.4, -0.2) is 25.6 Å². The van der Waals surface area contributed by atoms with E-state index in [1.54, 1.807) is 7.11 Å². The summed E-state index contributed by atoms with van der Waals surface area (Å²) in [5.41, 5.74) is 1.02. The van der Waals surface area contributed by atoms with Crippen LogP contribution in [0.1, 0.15) is 19.4 Å². The molecule has 96 valence electrons. The summed E-state index contributed by atoms with van der Waals surface area (Å²) in [5, 5.41) is 2.87. The fraction of sp³-hybridized carbons (Fsp3) is 0.538. The SMILES string of the molecule is COc1ccccc1CC(C)NC(C)C(F)F. The monoisotopic (exact) mass is 243 g/mol. The van der Waals surface area contributed by atoms with Crippen LogP contribution in [0.25, 0.3) is 0 Å². The van der Waals surface area contributed by atoms with Crippen LogP contribution >= 0.6 is 0 Å². The van der Waals surface area contributed by atoms with Gasteiger partial charge in [-0.25, -0.2) is 8.78 Å². The number of alkyl halides is 2. The zero-order chi connectivity index (χ0) is 12.8. The van der Waals surface area contributed by atoms with Gasteiger partial charge in [0.05, 0.1) is 13.2 Å². The van der Waals surface area contributed by atoms with E-state index in [1.165, 1.54) is 6.92 Å². The second kappa shape index (κ2) is 6.55. The van der Waals surface area contributed by atoms with Crippen molar-refractivity contribution in [3.05, 3.63) is 29.8 Å². The first-order chi connectivity index (χ1) is 8.04. The molecule has 1 aromatic rings. The third-order valence-corrected chi connectivity index (χ3v) is 2.64. The van der Waals surface area contributed by atoms with E-state index in [4.69, 9.17) is 4.74 Å². The molecule has 0 radical (unpaired) electrons. The van der Waals surface area contributed by atoms with E-state index in [0.717, 1.165) is 11.3 Å². The van der Waals surface area contributed by atoms with Crippen molar-refractivity contribution >= 4 is 0 Å². The van der Waals surface area contributed by atoms with E-state index in [0.29, 0.717) is 6.42 Å². The number of para-hydroxylation sites is 1. The molecule has 2 nitrogen and oxygen atoms in total. The number of nitrogens with one attached hydrogen (secondary N) is 1. The van der Waals surface area contributed by atoms with Crippen molar-refractivity contribution < 1.29 is 13.5 Å². The van der Waals surface area contributed by atoms with Crippen molar-refractivity contribution in [1.29, 1.82) is 0 Å². The molecule has 1 aromatic carbocycles. The summed E-state index contributed by atoms with van der Waals surface area (Å²) < 4.78 is 30.0. The van der Waals surface area contributed by atoms with Crippen LogP contribution in [0.5, 0.6) is 5.75 Å². The molecule has 2 unspecified atom stereocenters. The minimum atomic E-state index is -2.34. The summed E-state index contributed by atoms with van der Waals surface area (Å²) in [7, 11) is 1.61. The Kier molecular flexibility index (Phi) is 5.35. The van der Waals surface area contributed by atoms with Crippen LogP contribution in [0.15, 0.2) is 24.3 Å². The molecule has 0 fully saturated rings. The van der Waals surface area contributed by atoms with Gasteiger partial charge < -0.3 is 10.1 Å². The van der Waals surface area contributed by atoms with E-state index in [1.807, 2.05) is 31.2 Å².